The van der Waals surface area contributed by atoms with E-state index in [4.69, 9.17) is 4.42 Å². The maximum Gasteiger partial charge on any atom is 0.416 e. The number of hydrogen-bond donors (Lipinski definition) is 1. The highest BCUT2D eigenvalue weighted by atomic mass is 19.4. The summed E-state index contributed by atoms with van der Waals surface area (Å²) in [6.45, 7) is 6.45. The fourth-order valence-corrected chi connectivity index (χ4v) is 4.51. The molecule has 7 heteroatoms. The highest BCUT2D eigenvalue weighted by Gasteiger charge is 2.30. The summed E-state index contributed by atoms with van der Waals surface area (Å²) in [6.07, 6.45) is -1.41. The normalized spacial score (nSPS) is 11.8. The molecule has 0 saturated carbocycles. The Morgan fingerprint density at radius 3 is 2.13 bits per heavy atom. The standard InChI is InChI=1S/C31H33F3N2O2/c1-3-5-9-29-27(26-8-6-7-10-28(26)38-29)19-35-30(37)24-15-11-22(12-16-24)20-36(4-2)21-23-13-17-25(18-14-23)31(32,33)34/h6-8,10-18H,3-5,9,19-21H2,1-2H3,(H,35,37). The molecule has 0 aliphatic heterocycles. The van der Waals surface area contributed by atoms with E-state index in [0.29, 0.717) is 25.2 Å². The second kappa shape index (κ2) is 12.3. The van der Waals surface area contributed by atoms with Gasteiger partial charge in [0.1, 0.15) is 11.3 Å². The van der Waals surface area contributed by atoms with Crippen molar-refractivity contribution in [1.82, 2.24) is 10.2 Å². The molecule has 0 saturated heterocycles. The molecule has 0 bridgehead atoms. The van der Waals surface area contributed by atoms with E-state index in [1.54, 1.807) is 0 Å². The Balaban J connectivity index is 1.36. The number of furan rings is 1. The Hall–Kier alpha value is -3.58. The molecule has 0 atom stereocenters. The number of hydrogen-bond acceptors (Lipinski definition) is 3. The molecule has 0 radical (unpaired) electrons. The third-order valence-electron chi connectivity index (χ3n) is 6.72. The van der Waals surface area contributed by atoms with Crippen LogP contribution in [0, 0.1) is 0 Å². The topological polar surface area (TPSA) is 45.5 Å². The number of unbranched alkanes of at least 4 members (excludes halogenated alkanes) is 1. The van der Waals surface area contributed by atoms with Gasteiger partial charge in [0.15, 0.2) is 0 Å². The van der Waals surface area contributed by atoms with Crippen LogP contribution in [0.3, 0.4) is 0 Å². The van der Waals surface area contributed by atoms with Crippen LogP contribution >= 0.6 is 0 Å². The maximum absolute atomic E-state index is 12.9. The van der Waals surface area contributed by atoms with E-state index in [9.17, 15) is 18.0 Å². The fraction of sp³-hybridized carbons (Fsp3) is 0.323. The van der Waals surface area contributed by atoms with E-state index < -0.39 is 11.7 Å². The number of halogens is 3. The van der Waals surface area contributed by atoms with E-state index in [0.717, 1.165) is 71.4 Å². The summed E-state index contributed by atoms with van der Waals surface area (Å²) in [5.41, 5.74) is 3.64. The Bertz CT molecular complexity index is 1340. The Kier molecular flexibility index (Phi) is 8.89. The molecule has 1 N–H and O–H groups in total. The number of alkyl halides is 3. The molecule has 0 spiro atoms. The van der Waals surface area contributed by atoms with Crippen molar-refractivity contribution in [1.29, 1.82) is 0 Å². The van der Waals surface area contributed by atoms with Gasteiger partial charge >= 0.3 is 6.18 Å². The lowest BCUT2D eigenvalue weighted by Crippen LogP contribution is -2.24. The number of nitrogens with zero attached hydrogens (tertiary/aromatic N) is 1. The van der Waals surface area contributed by atoms with Gasteiger partial charge in [-0.05, 0) is 54.4 Å². The summed E-state index contributed by atoms with van der Waals surface area (Å²) < 4.78 is 44.5. The van der Waals surface area contributed by atoms with Gasteiger partial charge in [0, 0.05) is 42.6 Å². The SMILES string of the molecule is CCCCc1oc2ccccc2c1CNC(=O)c1ccc(CN(CC)Cc2ccc(C(F)(F)F)cc2)cc1. The van der Waals surface area contributed by atoms with Crippen LogP contribution in [0.4, 0.5) is 13.2 Å². The molecular weight excluding hydrogens is 489 g/mol. The lowest BCUT2D eigenvalue weighted by atomic mass is 10.1. The second-order valence-corrected chi connectivity index (χ2v) is 9.48. The molecule has 4 aromatic rings. The summed E-state index contributed by atoms with van der Waals surface area (Å²) in [6, 6.07) is 20.6. The summed E-state index contributed by atoms with van der Waals surface area (Å²) in [5.74, 6) is 0.775. The quantitative estimate of drug-likeness (QED) is 0.219. The highest BCUT2D eigenvalue weighted by molar-refractivity contribution is 5.94. The van der Waals surface area contributed by atoms with E-state index in [1.807, 2.05) is 55.5 Å². The molecule has 3 aromatic carbocycles. The molecule has 1 heterocycles. The predicted octanol–water partition coefficient (Wildman–Crippen LogP) is 7.75. The molecule has 1 amide bonds. The summed E-state index contributed by atoms with van der Waals surface area (Å²) in [4.78, 5) is 15.0. The number of nitrogens with one attached hydrogen (secondary N) is 1. The number of rotatable bonds is 11. The molecule has 0 aliphatic rings. The zero-order chi connectivity index (χ0) is 27.1. The van der Waals surface area contributed by atoms with Crippen LogP contribution in [0.2, 0.25) is 0 Å². The van der Waals surface area contributed by atoms with Crippen LogP contribution in [0.15, 0.2) is 77.2 Å². The monoisotopic (exact) mass is 522 g/mol. The van der Waals surface area contributed by atoms with E-state index in [2.05, 4.69) is 17.1 Å². The largest absolute Gasteiger partial charge is 0.461 e. The van der Waals surface area contributed by atoms with Crippen LogP contribution < -0.4 is 5.32 Å². The summed E-state index contributed by atoms with van der Waals surface area (Å²) in [5, 5.41) is 4.07. The highest BCUT2D eigenvalue weighted by Crippen LogP contribution is 2.29. The van der Waals surface area contributed by atoms with Gasteiger partial charge in [0.05, 0.1) is 5.56 Å². The van der Waals surface area contributed by atoms with Crippen molar-refractivity contribution in [2.24, 2.45) is 0 Å². The van der Waals surface area contributed by atoms with Crippen molar-refractivity contribution >= 4 is 16.9 Å². The number of fused-ring (bicyclic) bond motifs is 1. The van der Waals surface area contributed by atoms with Gasteiger partial charge in [-0.1, -0.05) is 62.7 Å². The van der Waals surface area contributed by atoms with Gasteiger partial charge in [0.2, 0.25) is 0 Å². The lowest BCUT2D eigenvalue weighted by Gasteiger charge is -2.21. The number of carbonyl (C=O) groups excluding carboxylic acids is 1. The van der Waals surface area contributed by atoms with Gasteiger partial charge in [-0.25, -0.2) is 0 Å². The minimum atomic E-state index is -4.33. The van der Waals surface area contributed by atoms with E-state index >= 15 is 0 Å². The van der Waals surface area contributed by atoms with Crippen molar-refractivity contribution in [3.63, 3.8) is 0 Å². The molecule has 4 nitrogen and oxygen atoms in total. The number of benzene rings is 3. The van der Waals surface area contributed by atoms with Gasteiger partial charge in [-0.3, -0.25) is 9.69 Å². The first-order valence-corrected chi connectivity index (χ1v) is 13.0. The van der Waals surface area contributed by atoms with Gasteiger partial charge < -0.3 is 9.73 Å². The van der Waals surface area contributed by atoms with Crippen LogP contribution in [0.1, 0.15) is 65.1 Å². The average molecular weight is 523 g/mol. The van der Waals surface area contributed by atoms with Gasteiger partial charge in [-0.2, -0.15) is 13.2 Å². The van der Waals surface area contributed by atoms with Crippen molar-refractivity contribution in [3.05, 3.63) is 106 Å². The molecule has 0 fully saturated rings. The first kappa shape index (κ1) is 27.5. The number of para-hydroxylation sites is 1. The lowest BCUT2D eigenvalue weighted by molar-refractivity contribution is -0.137. The Morgan fingerprint density at radius 1 is 0.895 bits per heavy atom. The molecule has 1 aromatic heterocycles. The summed E-state index contributed by atoms with van der Waals surface area (Å²) >= 11 is 0. The first-order chi connectivity index (χ1) is 18.3. The molecule has 4 rings (SSSR count). The third-order valence-corrected chi connectivity index (χ3v) is 6.72. The average Bonchev–Trinajstić information content (AvgIpc) is 3.27. The van der Waals surface area contributed by atoms with E-state index in [1.165, 1.54) is 12.1 Å². The number of carbonyl (C=O) groups is 1. The second-order valence-electron chi connectivity index (χ2n) is 9.48. The minimum Gasteiger partial charge on any atom is -0.461 e. The molecule has 38 heavy (non-hydrogen) atoms. The van der Waals surface area contributed by atoms with Crippen LogP contribution in [0.5, 0.6) is 0 Å². The summed E-state index contributed by atoms with van der Waals surface area (Å²) in [7, 11) is 0. The number of amides is 1. The Morgan fingerprint density at radius 2 is 1.53 bits per heavy atom. The maximum atomic E-state index is 12.9. The smallest absolute Gasteiger partial charge is 0.416 e. The van der Waals surface area contributed by atoms with Crippen molar-refractivity contribution in [2.75, 3.05) is 6.54 Å². The minimum absolute atomic E-state index is 0.152. The molecule has 200 valence electrons. The van der Waals surface area contributed by atoms with E-state index in [-0.39, 0.29) is 5.91 Å². The van der Waals surface area contributed by atoms with Crippen LogP contribution in [-0.2, 0) is 32.2 Å². The molecule has 0 unspecified atom stereocenters. The number of aryl methyl sites for hydroxylation is 1. The van der Waals surface area contributed by atoms with Gasteiger partial charge in [0.25, 0.3) is 5.91 Å². The van der Waals surface area contributed by atoms with Crippen molar-refractivity contribution < 1.29 is 22.4 Å². The Labute approximate surface area is 221 Å². The first-order valence-electron chi connectivity index (χ1n) is 13.0. The third kappa shape index (κ3) is 6.84. The van der Waals surface area contributed by atoms with Crippen molar-refractivity contribution in [3.8, 4) is 0 Å². The zero-order valence-electron chi connectivity index (χ0n) is 21.8. The van der Waals surface area contributed by atoms with Gasteiger partial charge in [-0.15, -0.1) is 0 Å². The van der Waals surface area contributed by atoms with Crippen LogP contribution in [-0.4, -0.2) is 17.4 Å². The molecular formula is C31H33F3N2O2. The molecule has 0 aliphatic carbocycles. The predicted molar refractivity (Wildman–Crippen MR) is 144 cm³/mol. The zero-order valence-corrected chi connectivity index (χ0v) is 21.8. The van der Waals surface area contributed by atoms with Crippen LogP contribution in [0.25, 0.3) is 11.0 Å². The fourth-order valence-electron chi connectivity index (χ4n) is 4.51. The van der Waals surface area contributed by atoms with Crippen molar-refractivity contribution in [2.45, 2.75) is 58.9 Å².